The number of benzene rings is 1. The number of hydrogen-bond donors (Lipinski definition) is 0. The van der Waals surface area contributed by atoms with Crippen LogP contribution in [0.4, 0.5) is 4.39 Å². The average molecular weight is 278 g/mol. The zero-order chi connectivity index (χ0) is 14.5. The number of carbonyl (C=O) groups excluding carboxylic acids is 1. The van der Waals surface area contributed by atoms with E-state index in [-0.39, 0.29) is 17.2 Å². The summed E-state index contributed by atoms with van der Waals surface area (Å²) in [5, 5.41) is 8.65. The zero-order valence-corrected chi connectivity index (χ0v) is 11.1. The molecule has 0 bridgehead atoms. The number of halogens is 1. The Bertz CT molecular complexity index is 536. The minimum absolute atomic E-state index is 0.0514. The first-order chi connectivity index (χ1) is 9.61. The Labute approximate surface area is 116 Å². The van der Waals surface area contributed by atoms with Crippen LogP contribution in [0, 0.1) is 17.1 Å². The molecule has 20 heavy (non-hydrogen) atoms. The van der Waals surface area contributed by atoms with Crippen LogP contribution in [-0.2, 0) is 9.53 Å². The van der Waals surface area contributed by atoms with Gasteiger partial charge in [0.1, 0.15) is 17.6 Å². The van der Waals surface area contributed by atoms with E-state index in [9.17, 15) is 9.18 Å². The molecule has 1 unspecified atom stereocenters. The SMILES string of the molecule is CC(Oc1ccc(C#N)c(F)c1)C(=O)N1CCOCC1. The normalized spacial score (nSPS) is 16.4. The first-order valence-corrected chi connectivity index (χ1v) is 6.34. The standard InChI is InChI=1S/C14H15FN2O3/c1-10(14(18)17-4-6-19-7-5-17)20-12-3-2-11(9-16)13(15)8-12/h2-3,8,10H,4-7H2,1H3. The van der Waals surface area contributed by atoms with E-state index in [0.717, 1.165) is 6.07 Å². The van der Waals surface area contributed by atoms with Crippen LogP contribution in [0.15, 0.2) is 18.2 Å². The van der Waals surface area contributed by atoms with Gasteiger partial charge >= 0.3 is 0 Å². The van der Waals surface area contributed by atoms with Gasteiger partial charge in [0.2, 0.25) is 0 Å². The van der Waals surface area contributed by atoms with Crippen molar-refractivity contribution in [3.05, 3.63) is 29.6 Å². The Kier molecular flexibility index (Phi) is 4.53. The van der Waals surface area contributed by atoms with E-state index in [1.807, 2.05) is 0 Å². The molecule has 1 saturated heterocycles. The van der Waals surface area contributed by atoms with Crippen molar-refractivity contribution in [3.63, 3.8) is 0 Å². The Hall–Kier alpha value is -2.13. The lowest BCUT2D eigenvalue weighted by molar-refractivity contribution is -0.142. The summed E-state index contributed by atoms with van der Waals surface area (Å²) in [6.07, 6.45) is -0.708. The predicted molar refractivity (Wildman–Crippen MR) is 68.6 cm³/mol. The first kappa shape index (κ1) is 14.3. The molecule has 0 saturated carbocycles. The summed E-state index contributed by atoms with van der Waals surface area (Å²) in [5.74, 6) is -0.579. The highest BCUT2D eigenvalue weighted by Crippen LogP contribution is 2.18. The molecule has 0 aliphatic carbocycles. The van der Waals surface area contributed by atoms with Crippen molar-refractivity contribution in [1.29, 1.82) is 5.26 Å². The van der Waals surface area contributed by atoms with Crippen LogP contribution in [0.1, 0.15) is 12.5 Å². The molecule has 0 radical (unpaired) electrons. The molecule has 0 spiro atoms. The van der Waals surface area contributed by atoms with Gasteiger partial charge in [0.15, 0.2) is 6.10 Å². The Morgan fingerprint density at radius 3 is 2.80 bits per heavy atom. The summed E-state index contributed by atoms with van der Waals surface area (Å²) in [6, 6.07) is 5.65. The van der Waals surface area contributed by atoms with Gasteiger partial charge in [-0.25, -0.2) is 4.39 Å². The van der Waals surface area contributed by atoms with Crippen molar-refractivity contribution in [1.82, 2.24) is 4.90 Å². The van der Waals surface area contributed by atoms with Gasteiger partial charge in [-0.1, -0.05) is 0 Å². The quantitative estimate of drug-likeness (QED) is 0.836. The first-order valence-electron chi connectivity index (χ1n) is 6.34. The van der Waals surface area contributed by atoms with Gasteiger partial charge in [0.05, 0.1) is 18.8 Å². The fourth-order valence-electron chi connectivity index (χ4n) is 1.96. The second-order valence-corrected chi connectivity index (χ2v) is 4.45. The monoisotopic (exact) mass is 278 g/mol. The number of nitriles is 1. The lowest BCUT2D eigenvalue weighted by atomic mass is 10.2. The number of amides is 1. The summed E-state index contributed by atoms with van der Waals surface area (Å²) in [7, 11) is 0. The number of nitrogens with zero attached hydrogens (tertiary/aromatic N) is 2. The Morgan fingerprint density at radius 1 is 1.50 bits per heavy atom. The van der Waals surface area contributed by atoms with E-state index >= 15 is 0 Å². The van der Waals surface area contributed by atoms with Crippen molar-refractivity contribution in [2.45, 2.75) is 13.0 Å². The number of ether oxygens (including phenoxy) is 2. The summed E-state index contributed by atoms with van der Waals surface area (Å²) < 4.78 is 24.0. The topological polar surface area (TPSA) is 62.6 Å². The number of rotatable bonds is 3. The molecular formula is C14H15FN2O3. The number of morpholine rings is 1. The summed E-state index contributed by atoms with van der Waals surface area (Å²) in [4.78, 5) is 13.8. The maximum atomic E-state index is 13.4. The zero-order valence-electron chi connectivity index (χ0n) is 11.1. The molecule has 0 N–H and O–H groups in total. The van der Waals surface area contributed by atoms with Crippen LogP contribution >= 0.6 is 0 Å². The summed E-state index contributed by atoms with van der Waals surface area (Å²) in [6.45, 7) is 3.73. The molecule has 2 rings (SSSR count). The third-order valence-electron chi connectivity index (χ3n) is 3.04. The summed E-state index contributed by atoms with van der Waals surface area (Å²) >= 11 is 0. The highest BCUT2D eigenvalue weighted by atomic mass is 19.1. The lowest BCUT2D eigenvalue weighted by Gasteiger charge is -2.29. The molecule has 6 heteroatoms. The third kappa shape index (κ3) is 3.25. The molecule has 5 nitrogen and oxygen atoms in total. The van der Waals surface area contributed by atoms with Crippen molar-refractivity contribution in [2.24, 2.45) is 0 Å². The molecule has 1 aliphatic heterocycles. The van der Waals surface area contributed by atoms with Crippen LogP contribution in [0.3, 0.4) is 0 Å². The average Bonchev–Trinajstić information content (AvgIpc) is 2.47. The molecule has 1 atom stereocenters. The maximum absolute atomic E-state index is 13.4. The smallest absolute Gasteiger partial charge is 0.263 e. The molecule has 1 fully saturated rings. The van der Waals surface area contributed by atoms with Crippen molar-refractivity contribution >= 4 is 5.91 Å². The van der Waals surface area contributed by atoms with E-state index < -0.39 is 11.9 Å². The number of carbonyl (C=O) groups is 1. The molecule has 1 aromatic rings. The predicted octanol–water partition coefficient (Wildman–Crippen LogP) is 1.32. The van der Waals surface area contributed by atoms with Crippen molar-refractivity contribution in [2.75, 3.05) is 26.3 Å². The third-order valence-corrected chi connectivity index (χ3v) is 3.04. The maximum Gasteiger partial charge on any atom is 0.263 e. The second-order valence-electron chi connectivity index (χ2n) is 4.45. The number of hydrogen-bond acceptors (Lipinski definition) is 4. The van der Waals surface area contributed by atoms with Crippen molar-refractivity contribution in [3.8, 4) is 11.8 Å². The van der Waals surface area contributed by atoms with E-state index in [1.54, 1.807) is 17.9 Å². The largest absolute Gasteiger partial charge is 0.481 e. The highest BCUT2D eigenvalue weighted by Gasteiger charge is 2.23. The highest BCUT2D eigenvalue weighted by molar-refractivity contribution is 5.81. The van der Waals surface area contributed by atoms with Crippen LogP contribution in [0.5, 0.6) is 5.75 Å². The molecular weight excluding hydrogens is 263 g/mol. The molecule has 0 aromatic heterocycles. The van der Waals surface area contributed by atoms with Gasteiger partial charge in [0, 0.05) is 19.2 Å². The molecule has 106 valence electrons. The van der Waals surface area contributed by atoms with Crippen LogP contribution in [-0.4, -0.2) is 43.2 Å². The van der Waals surface area contributed by atoms with Gasteiger partial charge in [-0.05, 0) is 19.1 Å². The fraction of sp³-hybridized carbons (Fsp3) is 0.429. The Balaban J connectivity index is 2.00. The Morgan fingerprint density at radius 2 is 2.20 bits per heavy atom. The van der Waals surface area contributed by atoms with Gasteiger partial charge in [-0.2, -0.15) is 5.26 Å². The minimum atomic E-state index is -0.708. The van der Waals surface area contributed by atoms with Gasteiger partial charge in [-0.15, -0.1) is 0 Å². The van der Waals surface area contributed by atoms with Gasteiger partial charge in [0.25, 0.3) is 5.91 Å². The van der Waals surface area contributed by atoms with Gasteiger partial charge in [-0.3, -0.25) is 4.79 Å². The summed E-state index contributed by atoms with van der Waals surface area (Å²) in [5.41, 5.74) is -0.0514. The van der Waals surface area contributed by atoms with Crippen LogP contribution < -0.4 is 4.74 Å². The molecule has 1 amide bonds. The van der Waals surface area contributed by atoms with Crippen molar-refractivity contribution < 1.29 is 18.7 Å². The fourth-order valence-corrected chi connectivity index (χ4v) is 1.96. The molecule has 1 aromatic carbocycles. The van der Waals surface area contributed by atoms with Gasteiger partial charge < -0.3 is 14.4 Å². The molecule has 1 heterocycles. The van der Waals surface area contributed by atoms with Crippen LogP contribution in [0.25, 0.3) is 0 Å². The van der Waals surface area contributed by atoms with E-state index in [4.69, 9.17) is 14.7 Å². The van der Waals surface area contributed by atoms with E-state index in [1.165, 1.54) is 12.1 Å². The van der Waals surface area contributed by atoms with E-state index in [2.05, 4.69) is 0 Å². The lowest BCUT2D eigenvalue weighted by Crippen LogP contribution is -2.46. The van der Waals surface area contributed by atoms with E-state index in [0.29, 0.717) is 26.3 Å². The minimum Gasteiger partial charge on any atom is -0.481 e. The van der Waals surface area contributed by atoms with Crippen LogP contribution in [0.2, 0.25) is 0 Å². The molecule has 1 aliphatic rings. The second kappa shape index (κ2) is 6.35.